The minimum absolute atomic E-state index is 0. The fourth-order valence-corrected chi connectivity index (χ4v) is 7.46. The number of hydrogen-bond acceptors (Lipinski definition) is 8. The molecule has 0 amide bonds. The van der Waals surface area contributed by atoms with Crippen molar-refractivity contribution in [2.75, 3.05) is 96.1 Å². The summed E-state index contributed by atoms with van der Waals surface area (Å²) in [5, 5.41) is 14.7. The Hall–Kier alpha value is -0.716. The highest BCUT2D eigenvalue weighted by Gasteiger charge is 2.38. The molecule has 0 aliphatic carbocycles. The molecule has 10 nitrogen and oxygen atoms in total. The molecule has 0 unspecified atom stereocenters. The Morgan fingerprint density at radius 1 is 0.825 bits per heavy atom. The first-order valence-corrected chi connectivity index (χ1v) is 17.5. The van der Waals surface area contributed by atoms with Crippen LogP contribution in [0.2, 0.25) is 12.1 Å². The second-order valence-electron chi connectivity index (χ2n) is 9.88. The number of quaternary nitrogens is 2. The van der Waals surface area contributed by atoms with Gasteiger partial charge < -0.3 is 59.2 Å². The first-order chi connectivity index (χ1) is 18.6. The second kappa shape index (κ2) is 23.8. The van der Waals surface area contributed by atoms with Crippen LogP contribution in [0.3, 0.4) is 0 Å². The van der Waals surface area contributed by atoms with Crippen LogP contribution in [0.15, 0.2) is 30.8 Å². The van der Waals surface area contributed by atoms with Gasteiger partial charge in [-0.2, -0.15) is 0 Å². The highest BCUT2D eigenvalue weighted by Crippen LogP contribution is 2.16. The SMILES string of the molecule is C=Cc1ccc(C[NH2+]CCNCCC[Si](OC)(OC)OC)cc1.CO[Si](CCC[N+](C)(C)CCO)(OC)OC.[Cl-]. The zero-order chi connectivity index (χ0) is 29.6. The van der Waals surface area contributed by atoms with Gasteiger partial charge in [0.15, 0.2) is 0 Å². The van der Waals surface area contributed by atoms with Crippen molar-refractivity contribution in [3.63, 3.8) is 0 Å². The van der Waals surface area contributed by atoms with E-state index in [1.807, 2.05) is 6.08 Å². The standard InChI is InChI=1S/C17H30N2O3Si.C10H26NO4Si.ClH/c1-5-16-7-9-17(10-8-16)15-19-13-12-18-11-6-14-23(20-2,21-3)22-4;1-11(2,8-9-12)7-6-10-16(13-3,14-4)15-5;/h5,7-10,18-19H,1,6,11-15H2,2-4H3;12H,6-10H2,1-5H3;1H/q;+1;. The van der Waals surface area contributed by atoms with Crippen molar-refractivity contribution in [2.45, 2.75) is 31.5 Å². The third-order valence-electron chi connectivity index (χ3n) is 6.77. The van der Waals surface area contributed by atoms with E-state index in [2.05, 4.69) is 55.6 Å². The third kappa shape index (κ3) is 17.3. The lowest BCUT2D eigenvalue weighted by Crippen LogP contribution is -3.00. The normalized spacial score (nSPS) is 11.9. The second-order valence-corrected chi connectivity index (χ2v) is 16.1. The Bertz CT molecular complexity index is 725. The molecule has 13 heteroatoms. The molecule has 0 radical (unpaired) electrons. The Labute approximate surface area is 252 Å². The van der Waals surface area contributed by atoms with Crippen LogP contribution in [0.4, 0.5) is 0 Å². The fraction of sp³-hybridized carbons (Fsp3) is 0.704. The highest BCUT2D eigenvalue weighted by molar-refractivity contribution is 6.60. The van der Waals surface area contributed by atoms with E-state index in [0.29, 0.717) is 0 Å². The topological polar surface area (TPSA) is 104 Å². The molecule has 0 aliphatic heterocycles. The molecule has 0 aromatic heterocycles. The van der Waals surface area contributed by atoms with Gasteiger partial charge in [-0.25, -0.2) is 0 Å². The van der Waals surface area contributed by atoms with Crippen molar-refractivity contribution in [2.24, 2.45) is 0 Å². The molecular formula is C27H57ClN3O7Si2+. The molecule has 0 spiro atoms. The molecule has 4 N–H and O–H groups in total. The van der Waals surface area contributed by atoms with E-state index in [0.717, 1.165) is 68.7 Å². The van der Waals surface area contributed by atoms with Gasteiger partial charge >= 0.3 is 17.6 Å². The number of nitrogens with zero attached hydrogens (tertiary/aromatic N) is 1. The smallest absolute Gasteiger partial charge is 0.500 e. The number of aliphatic hydroxyl groups is 1. The van der Waals surface area contributed by atoms with E-state index in [1.54, 1.807) is 42.7 Å². The summed E-state index contributed by atoms with van der Waals surface area (Å²) in [5.74, 6) is 0. The lowest BCUT2D eigenvalue weighted by molar-refractivity contribution is -0.890. The van der Waals surface area contributed by atoms with Crippen LogP contribution in [-0.4, -0.2) is 123 Å². The third-order valence-corrected chi connectivity index (χ3v) is 12.4. The molecule has 1 aromatic carbocycles. The summed E-state index contributed by atoms with van der Waals surface area (Å²) in [6.07, 6.45) is 3.82. The number of halogens is 1. The maximum atomic E-state index is 8.92. The molecular weight excluding hydrogens is 570 g/mol. The van der Waals surface area contributed by atoms with Gasteiger partial charge in [-0.3, -0.25) is 0 Å². The van der Waals surface area contributed by atoms with Crippen LogP contribution in [0, 0.1) is 0 Å². The first-order valence-electron chi connectivity index (χ1n) is 13.6. The van der Waals surface area contributed by atoms with Gasteiger partial charge in [-0.05, 0) is 18.5 Å². The molecule has 0 heterocycles. The lowest BCUT2D eigenvalue weighted by atomic mass is 10.1. The minimum atomic E-state index is -2.41. The van der Waals surface area contributed by atoms with Crippen molar-refractivity contribution in [3.05, 3.63) is 42.0 Å². The van der Waals surface area contributed by atoms with Crippen molar-refractivity contribution in [1.29, 1.82) is 0 Å². The molecule has 0 saturated heterocycles. The molecule has 40 heavy (non-hydrogen) atoms. The lowest BCUT2D eigenvalue weighted by Gasteiger charge is -2.30. The highest BCUT2D eigenvalue weighted by atomic mass is 35.5. The zero-order valence-electron chi connectivity index (χ0n) is 26.2. The number of likely N-dealkylation sites (N-methyl/N-ethyl adjacent to an activating group) is 1. The number of rotatable bonds is 22. The molecule has 1 aromatic rings. The van der Waals surface area contributed by atoms with Gasteiger partial charge in [0.2, 0.25) is 0 Å². The van der Waals surface area contributed by atoms with Crippen molar-refractivity contribution in [1.82, 2.24) is 5.32 Å². The molecule has 1 rings (SSSR count). The fourth-order valence-electron chi connectivity index (χ4n) is 4.04. The predicted molar refractivity (Wildman–Crippen MR) is 161 cm³/mol. The maximum Gasteiger partial charge on any atom is 0.500 e. The average Bonchev–Trinajstić information content (AvgIpc) is 2.96. The Kier molecular flexibility index (Phi) is 24.6. The predicted octanol–water partition coefficient (Wildman–Crippen LogP) is -1.42. The number of nitrogens with one attached hydrogen (secondary N) is 1. The number of hydrogen-bond donors (Lipinski definition) is 3. The number of nitrogens with two attached hydrogens (primary N) is 1. The van der Waals surface area contributed by atoms with Gasteiger partial charge in [0.25, 0.3) is 0 Å². The zero-order valence-corrected chi connectivity index (χ0v) is 28.9. The maximum absolute atomic E-state index is 8.92. The van der Waals surface area contributed by atoms with E-state index in [9.17, 15) is 0 Å². The summed E-state index contributed by atoms with van der Waals surface area (Å²) in [5.41, 5.74) is 2.50. The van der Waals surface area contributed by atoms with Crippen LogP contribution < -0.4 is 23.0 Å². The monoisotopic (exact) mass is 626 g/mol. The van der Waals surface area contributed by atoms with E-state index in [4.69, 9.17) is 31.7 Å². The van der Waals surface area contributed by atoms with Crippen molar-refractivity contribution < 1.29 is 53.9 Å². The molecule has 0 bridgehead atoms. The Morgan fingerprint density at radius 3 is 1.77 bits per heavy atom. The largest absolute Gasteiger partial charge is 1.00 e. The van der Waals surface area contributed by atoms with Gasteiger partial charge in [0.1, 0.15) is 13.1 Å². The summed E-state index contributed by atoms with van der Waals surface area (Å²) in [7, 11) is 9.26. The van der Waals surface area contributed by atoms with Gasteiger partial charge in [-0.1, -0.05) is 36.9 Å². The average molecular weight is 627 g/mol. The molecule has 0 atom stereocenters. The van der Waals surface area contributed by atoms with E-state index < -0.39 is 17.6 Å². The minimum Gasteiger partial charge on any atom is -1.00 e. The molecule has 236 valence electrons. The van der Waals surface area contributed by atoms with Crippen molar-refractivity contribution in [3.8, 4) is 0 Å². The molecule has 0 aliphatic rings. The van der Waals surface area contributed by atoms with Crippen LogP contribution in [0.25, 0.3) is 6.08 Å². The van der Waals surface area contributed by atoms with Crippen LogP contribution in [-0.2, 0) is 33.1 Å². The van der Waals surface area contributed by atoms with Gasteiger partial charge in [0, 0.05) is 73.3 Å². The van der Waals surface area contributed by atoms with E-state index >= 15 is 0 Å². The summed E-state index contributed by atoms with van der Waals surface area (Å²) < 4.78 is 33.1. The quantitative estimate of drug-likeness (QED) is 0.0819. The van der Waals surface area contributed by atoms with Crippen LogP contribution in [0.5, 0.6) is 0 Å². The Balaban J connectivity index is 0. The molecule has 0 saturated carbocycles. The van der Waals surface area contributed by atoms with E-state index in [1.165, 1.54) is 11.1 Å². The summed E-state index contributed by atoms with van der Waals surface area (Å²) in [6.45, 7) is 9.74. The first kappa shape index (κ1) is 41.4. The van der Waals surface area contributed by atoms with Crippen LogP contribution in [0.1, 0.15) is 24.0 Å². The summed E-state index contributed by atoms with van der Waals surface area (Å²) in [4.78, 5) is 0. The number of benzene rings is 1. The molecule has 0 fully saturated rings. The Morgan fingerprint density at radius 2 is 1.32 bits per heavy atom. The van der Waals surface area contributed by atoms with Crippen molar-refractivity contribution >= 4 is 23.7 Å². The summed E-state index contributed by atoms with van der Waals surface area (Å²) in [6, 6.07) is 10.2. The van der Waals surface area contributed by atoms with Crippen LogP contribution >= 0.6 is 0 Å². The number of aliphatic hydroxyl groups excluding tert-OH is 1. The van der Waals surface area contributed by atoms with E-state index in [-0.39, 0.29) is 19.0 Å². The summed E-state index contributed by atoms with van der Waals surface area (Å²) >= 11 is 0. The van der Waals surface area contributed by atoms with Gasteiger partial charge in [0.05, 0.1) is 33.8 Å². The van der Waals surface area contributed by atoms with Gasteiger partial charge in [-0.15, -0.1) is 0 Å².